The van der Waals surface area contributed by atoms with Crippen LogP contribution in [0.2, 0.25) is 0 Å². The number of hydrogen-bond acceptors (Lipinski definition) is 5. The maximum atomic E-state index is 4.75. The van der Waals surface area contributed by atoms with Crippen molar-refractivity contribution in [3.63, 3.8) is 0 Å². The number of nitrogens with one attached hydrogen (secondary N) is 2. The van der Waals surface area contributed by atoms with Crippen molar-refractivity contribution in [1.82, 2.24) is 20.5 Å². The predicted octanol–water partition coefficient (Wildman–Crippen LogP) is 3.05. The summed E-state index contributed by atoms with van der Waals surface area (Å²) in [6.45, 7) is 4.45. The summed E-state index contributed by atoms with van der Waals surface area (Å²) >= 11 is 0. The zero-order valence-electron chi connectivity index (χ0n) is 18.7. The molecule has 6 rings (SSSR count). The van der Waals surface area contributed by atoms with Crippen molar-refractivity contribution in [1.29, 1.82) is 0 Å². The van der Waals surface area contributed by atoms with Crippen LogP contribution >= 0.6 is 0 Å². The Morgan fingerprint density at radius 3 is 2.97 bits per heavy atom. The van der Waals surface area contributed by atoms with E-state index in [1.54, 1.807) is 5.56 Å². The van der Waals surface area contributed by atoms with Gasteiger partial charge in [0.2, 0.25) is 0 Å². The van der Waals surface area contributed by atoms with Gasteiger partial charge in [0.1, 0.15) is 0 Å². The normalized spacial score (nSPS) is 29.3. The van der Waals surface area contributed by atoms with E-state index in [9.17, 15) is 0 Å². The first kappa shape index (κ1) is 19.7. The van der Waals surface area contributed by atoms with Gasteiger partial charge in [-0.05, 0) is 80.9 Å². The standard InChI is InChI=1S/C26H35N5/c1-30(25-9-2-5-18-7-4-11-27-26(18)25)12-10-20-14-23-19(15-28-20)6-3-8-24(23)31-17-21-13-22(31)16-29-21/h3-4,6-8,11,20-22,25,28-29H,2,5,9-10,12-17H2,1H3/t20-,21-,22-,25-/m0/s1. The van der Waals surface area contributed by atoms with Gasteiger partial charge in [-0.15, -0.1) is 0 Å². The lowest BCUT2D eigenvalue weighted by Gasteiger charge is -2.36. The molecule has 0 saturated carbocycles. The molecule has 5 heteroatoms. The van der Waals surface area contributed by atoms with E-state index >= 15 is 0 Å². The number of aryl methyl sites for hydroxylation is 1. The van der Waals surface area contributed by atoms with E-state index < -0.39 is 0 Å². The highest BCUT2D eigenvalue weighted by atomic mass is 15.3. The van der Waals surface area contributed by atoms with Crippen molar-refractivity contribution in [2.75, 3.05) is 31.6 Å². The van der Waals surface area contributed by atoms with E-state index in [-0.39, 0.29) is 0 Å². The number of nitrogens with zero attached hydrogens (tertiary/aromatic N) is 3. The third-order valence-corrected chi connectivity index (χ3v) is 8.17. The highest BCUT2D eigenvalue weighted by Crippen LogP contribution is 2.36. The van der Waals surface area contributed by atoms with Crippen molar-refractivity contribution < 1.29 is 0 Å². The SMILES string of the molecule is CN(CC[C@H]1Cc2c(cccc2N2C[C@@H]3C[C@H]2CN3)CN1)[C@H]1CCCc2cccnc21. The molecule has 2 fully saturated rings. The molecule has 164 valence electrons. The molecule has 4 atom stereocenters. The van der Waals surface area contributed by atoms with E-state index in [1.807, 2.05) is 6.20 Å². The average molecular weight is 418 g/mol. The van der Waals surface area contributed by atoms with E-state index in [0.29, 0.717) is 24.2 Å². The Morgan fingerprint density at radius 2 is 2.10 bits per heavy atom. The van der Waals surface area contributed by atoms with Crippen LogP contribution in [0.15, 0.2) is 36.5 Å². The first-order valence-electron chi connectivity index (χ1n) is 12.2. The molecule has 31 heavy (non-hydrogen) atoms. The third-order valence-electron chi connectivity index (χ3n) is 8.17. The van der Waals surface area contributed by atoms with Crippen LogP contribution in [0.3, 0.4) is 0 Å². The molecule has 4 aliphatic rings. The molecular formula is C26H35N5. The van der Waals surface area contributed by atoms with Gasteiger partial charge in [0.25, 0.3) is 0 Å². The second-order valence-corrected chi connectivity index (χ2v) is 10.1. The predicted molar refractivity (Wildman–Crippen MR) is 125 cm³/mol. The number of anilines is 1. The summed E-state index contributed by atoms with van der Waals surface area (Å²) in [5.41, 5.74) is 7.39. The Morgan fingerprint density at radius 1 is 1.16 bits per heavy atom. The fourth-order valence-corrected chi connectivity index (χ4v) is 6.45. The average Bonchev–Trinajstić information content (AvgIpc) is 3.45. The Kier molecular flexibility index (Phi) is 5.21. The van der Waals surface area contributed by atoms with Crippen LogP contribution in [0, 0.1) is 0 Å². The minimum atomic E-state index is 0.476. The molecule has 1 aliphatic carbocycles. The van der Waals surface area contributed by atoms with Crippen molar-refractivity contribution in [2.24, 2.45) is 0 Å². The molecule has 2 saturated heterocycles. The van der Waals surface area contributed by atoms with Gasteiger partial charge in [-0.2, -0.15) is 0 Å². The molecule has 1 aromatic carbocycles. The van der Waals surface area contributed by atoms with Crippen LogP contribution in [0.5, 0.6) is 0 Å². The molecule has 0 spiro atoms. The number of piperazine rings is 1. The summed E-state index contributed by atoms with van der Waals surface area (Å²) in [5, 5.41) is 7.48. The topological polar surface area (TPSA) is 43.4 Å². The number of rotatable bonds is 5. The van der Waals surface area contributed by atoms with Gasteiger partial charge in [0.05, 0.1) is 11.7 Å². The van der Waals surface area contributed by atoms with Gasteiger partial charge in [0, 0.05) is 49.6 Å². The third kappa shape index (κ3) is 3.67. The summed E-state index contributed by atoms with van der Waals surface area (Å²) in [5.74, 6) is 0. The highest BCUT2D eigenvalue weighted by molar-refractivity contribution is 5.60. The molecule has 4 heterocycles. The molecule has 2 N–H and O–H groups in total. The summed E-state index contributed by atoms with van der Waals surface area (Å²) in [7, 11) is 2.30. The van der Waals surface area contributed by atoms with Gasteiger partial charge in [-0.25, -0.2) is 0 Å². The highest BCUT2D eigenvalue weighted by Gasteiger charge is 2.39. The van der Waals surface area contributed by atoms with E-state index in [1.165, 1.54) is 61.2 Å². The lowest BCUT2D eigenvalue weighted by Crippen LogP contribution is -2.45. The molecular weight excluding hydrogens is 382 g/mol. The molecule has 2 aromatic rings. The van der Waals surface area contributed by atoms with Crippen LogP contribution < -0.4 is 15.5 Å². The fraction of sp³-hybridized carbons (Fsp3) is 0.577. The summed E-state index contributed by atoms with van der Waals surface area (Å²) in [6.07, 6.45) is 9.32. The van der Waals surface area contributed by atoms with Crippen molar-refractivity contribution in [2.45, 2.75) is 69.2 Å². The molecule has 2 bridgehead atoms. The number of aromatic nitrogens is 1. The van der Waals surface area contributed by atoms with Crippen molar-refractivity contribution in [3.05, 3.63) is 58.9 Å². The maximum absolute atomic E-state index is 4.75. The zero-order valence-corrected chi connectivity index (χ0v) is 18.7. The minimum Gasteiger partial charge on any atom is -0.365 e. The van der Waals surface area contributed by atoms with Gasteiger partial charge < -0.3 is 15.5 Å². The Labute approximate surface area is 186 Å². The second kappa shape index (κ2) is 8.19. The molecule has 0 radical (unpaired) electrons. The van der Waals surface area contributed by atoms with Crippen LogP contribution in [0.25, 0.3) is 0 Å². The number of fused-ring (bicyclic) bond motifs is 4. The summed E-state index contributed by atoms with van der Waals surface area (Å²) < 4.78 is 0. The van der Waals surface area contributed by atoms with Crippen LogP contribution in [0.1, 0.15) is 54.1 Å². The quantitative estimate of drug-likeness (QED) is 0.783. The number of pyridine rings is 1. The Bertz CT molecular complexity index is 943. The zero-order chi connectivity index (χ0) is 20.8. The Hall–Kier alpha value is -1.95. The summed E-state index contributed by atoms with van der Waals surface area (Å²) in [6, 6.07) is 13.7. The first-order valence-corrected chi connectivity index (χ1v) is 12.2. The van der Waals surface area contributed by atoms with E-state index in [2.05, 4.69) is 57.8 Å². The fourth-order valence-electron chi connectivity index (χ4n) is 6.45. The summed E-state index contributed by atoms with van der Waals surface area (Å²) in [4.78, 5) is 10.0. The molecule has 1 aromatic heterocycles. The molecule has 5 nitrogen and oxygen atoms in total. The smallest absolute Gasteiger partial charge is 0.0607 e. The van der Waals surface area contributed by atoms with Gasteiger partial charge in [-0.3, -0.25) is 9.88 Å². The largest absolute Gasteiger partial charge is 0.365 e. The second-order valence-electron chi connectivity index (χ2n) is 10.1. The van der Waals surface area contributed by atoms with Gasteiger partial charge >= 0.3 is 0 Å². The van der Waals surface area contributed by atoms with Crippen LogP contribution in [0.4, 0.5) is 5.69 Å². The minimum absolute atomic E-state index is 0.476. The van der Waals surface area contributed by atoms with Crippen LogP contribution in [-0.2, 0) is 19.4 Å². The van der Waals surface area contributed by atoms with Gasteiger partial charge in [-0.1, -0.05) is 18.2 Å². The van der Waals surface area contributed by atoms with Gasteiger partial charge in [0.15, 0.2) is 0 Å². The van der Waals surface area contributed by atoms with Crippen LogP contribution in [-0.4, -0.2) is 54.7 Å². The Balaban J connectivity index is 1.13. The number of benzene rings is 1. The van der Waals surface area contributed by atoms with E-state index in [4.69, 9.17) is 4.98 Å². The molecule has 0 unspecified atom stereocenters. The molecule has 3 aliphatic heterocycles. The lowest BCUT2D eigenvalue weighted by molar-refractivity contribution is 0.204. The maximum Gasteiger partial charge on any atom is 0.0607 e. The van der Waals surface area contributed by atoms with Crippen molar-refractivity contribution in [3.8, 4) is 0 Å². The molecule has 0 amide bonds. The monoisotopic (exact) mass is 417 g/mol. The van der Waals surface area contributed by atoms with Crippen molar-refractivity contribution >= 4 is 5.69 Å². The lowest BCUT2D eigenvalue weighted by atomic mass is 9.90. The van der Waals surface area contributed by atoms with E-state index in [0.717, 1.165) is 26.1 Å². The number of hydrogen-bond donors (Lipinski definition) is 2. The first-order chi connectivity index (χ1) is 15.3.